The largest absolute Gasteiger partial charge is 0.346 e. The molecule has 14 heavy (non-hydrogen) atoms. The fraction of sp³-hybridized carbons (Fsp3) is 0.222. The maximum atomic E-state index is 4.98. The first-order valence-electron chi connectivity index (χ1n) is 4.37. The molecule has 2 aromatic heterocycles. The van der Waals surface area contributed by atoms with Gasteiger partial charge in [0.2, 0.25) is 0 Å². The van der Waals surface area contributed by atoms with Gasteiger partial charge in [-0.1, -0.05) is 12.2 Å². The molecular weight excluding hydrogens is 196 g/mol. The highest BCUT2D eigenvalue weighted by Crippen LogP contribution is 2.14. The van der Waals surface area contributed by atoms with Gasteiger partial charge in [-0.15, -0.1) is 0 Å². The van der Waals surface area contributed by atoms with Crippen molar-refractivity contribution in [2.45, 2.75) is 13.5 Å². The van der Waals surface area contributed by atoms with E-state index in [1.165, 1.54) is 0 Å². The molecule has 0 spiro atoms. The molecule has 0 bridgehead atoms. The van der Waals surface area contributed by atoms with Gasteiger partial charge < -0.3 is 4.98 Å². The van der Waals surface area contributed by atoms with Crippen LogP contribution in [0.5, 0.6) is 0 Å². The molecule has 72 valence electrons. The van der Waals surface area contributed by atoms with E-state index >= 15 is 0 Å². The second-order valence-corrected chi connectivity index (χ2v) is 3.30. The molecule has 0 fully saturated rings. The molecule has 0 aliphatic heterocycles. The summed E-state index contributed by atoms with van der Waals surface area (Å²) in [6.07, 6.45) is 5.38. The van der Waals surface area contributed by atoms with Crippen LogP contribution in [-0.2, 0) is 6.54 Å². The van der Waals surface area contributed by atoms with Gasteiger partial charge in [-0.05, 0) is 13.0 Å². The summed E-state index contributed by atoms with van der Waals surface area (Å²) in [4.78, 5) is 6.96. The van der Waals surface area contributed by atoms with Crippen LogP contribution in [-0.4, -0.2) is 19.7 Å². The smallest absolute Gasteiger partial charge is 0.130 e. The predicted molar refractivity (Wildman–Crippen MR) is 56.3 cm³/mol. The molecule has 0 saturated carbocycles. The van der Waals surface area contributed by atoms with E-state index in [0.29, 0.717) is 4.64 Å². The van der Waals surface area contributed by atoms with E-state index in [4.69, 9.17) is 12.2 Å². The summed E-state index contributed by atoms with van der Waals surface area (Å²) in [6.45, 7) is 2.91. The summed E-state index contributed by atoms with van der Waals surface area (Å²) >= 11 is 4.98. The Balaban J connectivity index is 2.44. The molecular formula is C9H10N4S. The van der Waals surface area contributed by atoms with Gasteiger partial charge in [-0.25, -0.2) is 4.98 Å². The molecule has 4 nitrogen and oxygen atoms in total. The van der Waals surface area contributed by atoms with Gasteiger partial charge in [-0.3, -0.25) is 4.68 Å². The Morgan fingerprint density at radius 2 is 2.43 bits per heavy atom. The average molecular weight is 206 g/mol. The number of nitrogens with one attached hydrogen (secondary N) is 1. The van der Waals surface area contributed by atoms with Gasteiger partial charge in [0.25, 0.3) is 0 Å². The second kappa shape index (κ2) is 3.71. The molecule has 0 radical (unpaired) electrons. The van der Waals surface area contributed by atoms with Crippen LogP contribution in [0.2, 0.25) is 0 Å². The lowest BCUT2D eigenvalue weighted by Crippen LogP contribution is -1.92. The predicted octanol–water partition coefficient (Wildman–Crippen LogP) is 2.02. The van der Waals surface area contributed by atoms with Crippen LogP contribution >= 0.6 is 12.2 Å². The van der Waals surface area contributed by atoms with Gasteiger partial charge in [0.15, 0.2) is 0 Å². The van der Waals surface area contributed by atoms with Crippen LogP contribution in [0, 0.1) is 4.64 Å². The Labute approximate surface area is 86.6 Å². The average Bonchev–Trinajstić information content (AvgIpc) is 2.66. The van der Waals surface area contributed by atoms with Crippen molar-refractivity contribution in [3.63, 3.8) is 0 Å². The molecule has 0 aliphatic carbocycles. The summed E-state index contributed by atoms with van der Waals surface area (Å²) in [6, 6.07) is 1.83. The first-order chi connectivity index (χ1) is 6.79. The van der Waals surface area contributed by atoms with Crippen LogP contribution in [0.1, 0.15) is 6.92 Å². The molecule has 0 aliphatic rings. The summed E-state index contributed by atoms with van der Waals surface area (Å²) < 4.78 is 2.45. The molecule has 0 unspecified atom stereocenters. The van der Waals surface area contributed by atoms with Crippen molar-refractivity contribution in [3.05, 3.63) is 29.4 Å². The standard InChI is InChI=1S/C9H10N4S/c1-2-13-5-7(4-12-13)8-3-9(14)11-6-10-8/h3-6H,2H2,1H3,(H,10,11,14). The van der Waals surface area contributed by atoms with E-state index in [2.05, 4.69) is 15.1 Å². The van der Waals surface area contributed by atoms with Crippen molar-refractivity contribution in [3.8, 4) is 11.3 Å². The summed E-state index contributed by atoms with van der Waals surface area (Å²) in [5, 5.41) is 4.18. The van der Waals surface area contributed by atoms with Crippen molar-refractivity contribution < 1.29 is 0 Å². The third kappa shape index (κ3) is 1.72. The van der Waals surface area contributed by atoms with E-state index < -0.39 is 0 Å². The monoisotopic (exact) mass is 206 g/mol. The molecule has 0 atom stereocenters. The van der Waals surface area contributed by atoms with Gasteiger partial charge >= 0.3 is 0 Å². The fourth-order valence-electron chi connectivity index (χ4n) is 1.21. The Hall–Kier alpha value is -1.49. The first-order valence-corrected chi connectivity index (χ1v) is 4.78. The summed E-state index contributed by atoms with van der Waals surface area (Å²) in [7, 11) is 0. The number of nitrogens with zero attached hydrogens (tertiary/aromatic N) is 3. The third-order valence-corrected chi connectivity index (χ3v) is 2.17. The third-order valence-electron chi connectivity index (χ3n) is 1.95. The summed E-state index contributed by atoms with van der Waals surface area (Å²) in [5.41, 5.74) is 1.98. The molecule has 5 heteroatoms. The number of hydrogen-bond acceptors (Lipinski definition) is 3. The van der Waals surface area contributed by atoms with E-state index in [9.17, 15) is 0 Å². The van der Waals surface area contributed by atoms with Crippen LogP contribution in [0.3, 0.4) is 0 Å². The maximum absolute atomic E-state index is 4.98. The van der Waals surface area contributed by atoms with E-state index in [1.54, 1.807) is 6.33 Å². The normalized spacial score (nSPS) is 10.4. The molecule has 0 amide bonds. The first kappa shape index (κ1) is 9.08. The molecule has 1 N–H and O–H groups in total. The van der Waals surface area contributed by atoms with Crippen molar-refractivity contribution in [1.29, 1.82) is 0 Å². The Morgan fingerprint density at radius 1 is 1.57 bits per heavy atom. The zero-order chi connectivity index (χ0) is 9.97. The lowest BCUT2D eigenvalue weighted by atomic mass is 10.2. The molecule has 2 aromatic rings. The van der Waals surface area contributed by atoms with Crippen LogP contribution in [0.25, 0.3) is 11.3 Å². The molecule has 0 aromatic carbocycles. The molecule has 2 heterocycles. The van der Waals surface area contributed by atoms with Crippen molar-refractivity contribution >= 4 is 12.2 Å². The number of hydrogen-bond donors (Lipinski definition) is 1. The Morgan fingerprint density at radius 3 is 3.07 bits per heavy atom. The number of aryl methyl sites for hydroxylation is 1. The summed E-state index contributed by atoms with van der Waals surface area (Å²) in [5.74, 6) is 0. The zero-order valence-electron chi connectivity index (χ0n) is 7.77. The number of H-pyrrole nitrogens is 1. The number of rotatable bonds is 2. The Bertz CT molecular complexity index is 485. The van der Waals surface area contributed by atoms with Crippen molar-refractivity contribution in [2.75, 3.05) is 0 Å². The highest BCUT2D eigenvalue weighted by atomic mass is 32.1. The van der Waals surface area contributed by atoms with Gasteiger partial charge in [0.1, 0.15) is 4.64 Å². The highest BCUT2D eigenvalue weighted by Gasteiger charge is 2.00. The minimum absolute atomic E-state index is 0.586. The lowest BCUT2D eigenvalue weighted by molar-refractivity contribution is 0.660. The van der Waals surface area contributed by atoms with Gasteiger partial charge in [-0.2, -0.15) is 5.10 Å². The van der Waals surface area contributed by atoms with Crippen LogP contribution in [0.15, 0.2) is 24.8 Å². The fourth-order valence-corrected chi connectivity index (χ4v) is 1.38. The minimum atomic E-state index is 0.586. The topological polar surface area (TPSA) is 46.5 Å². The zero-order valence-corrected chi connectivity index (χ0v) is 8.58. The van der Waals surface area contributed by atoms with E-state index in [-0.39, 0.29) is 0 Å². The quantitative estimate of drug-likeness (QED) is 0.765. The number of aromatic nitrogens is 4. The lowest BCUT2D eigenvalue weighted by Gasteiger charge is -1.95. The number of aromatic amines is 1. The molecule has 0 saturated heterocycles. The second-order valence-electron chi connectivity index (χ2n) is 2.88. The Kier molecular flexibility index (Phi) is 2.41. The van der Waals surface area contributed by atoms with Crippen LogP contribution in [0.4, 0.5) is 0 Å². The van der Waals surface area contributed by atoms with Crippen LogP contribution < -0.4 is 0 Å². The van der Waals surface area contributed by atoms with Gasteiger partial charge in [0, 0.05) is 18.3 Å². The minimum Gasteiger partial charge on any atom is -0.346 e. The van der Waals surface area contributed by atoms with Crippen molar-refractivity contribution in [1.82, 2.24) is 19.7 Å². The van der Waals surface area contributed by atoms with Crippen molar-refractivity contribution in [2.24, 2.45) is 0 Å². The SMILES string of the molecule is CCn1cc(-c2cc(=S)nc[nH]2)cn1. The molecule has 2 rings (SSSR count). The highest BCUT2D eigenvalue weighted by molar-refractivity contribution is 7.71. The van der Waals surface area contributed by atoms with Gasteiger partial charge in [0.05, 0.1) is 18.2 Å². The maximum Gasteiger partial charge on any atom is 0.130 e. The van der Waals surface area contributed by atoms with E-state index in [0.717, 1.165) is 17.8 Å². The van der Waals surface area contributed by atoms with E-state index in [1.807, 2.05) is 30.1 Å².